The van der Waals surface area contributed by atoms with Gasteiger partial charge in [-0.15, -0.1) is 0 Å². The summed E-state index contributed by atoms with van der Waals surface area (Å²) in [6.45, 7) is 8.41. The Kier molecular flexibility index (Phi) is 3.04. The van der Waals surface area contributed by atoms with Crippen molar-refractivity contribution >= 4 is 22.6 Å². The molecular weight excluding hydrogens is 214 g/mol. The van der Waals surface area contributed by atoms with Gasteiger partial charge in [0.15, 0.2) is 0 Å². The Hall–Kier alpha value is -0.630. The summed E-state index contributed by atoms with van der Waals surface area (Å²) in [5.74, 6) is 0. The first-order chi connectivity index (χ1) is 5.65. The minimum Gasteiger partial charge on any atom is -0.296 e. The van der Waals surface area contributed by atoms with Crippen LogP contribution in [0.5, 0.6) is 0 Å². The normalized spacial score (nSPS) is 9.92. The molecule has 12 heavy (non-hydrogen) atoms. The van der Waals surface area contributed by atoms with E-state index in [-0.39, 0.29) is 0 Å². The van der Waals surface area contributed by atoms with E-state index in [9.17, 15) is 0 Å². The fourth-order valence-electron chi connectivity index (χ4n) is 1.17. The summed E-state index contributed by atoms with van der Waals surface area (Å²) < 4.78 is 1.12. The van der Waals surface area contributed by atoms with Crippen molar-refractivity contribution in [2.24, 2.45) is 4.99 Å². The van der Waals surface area contributed by atoms with E-state index >= 15 is 0 Å². The molecule has 0 aliphatic rings. The molecule has 0 amide bonds. The van der Waals surface area contributed by atoms with Crippen LogP contribution in [0.15, 0.2) is 21.6 Å². The maximum atomic E-state index is 3.88. The van der Waals surface area contributed by atoms with Gasteiger partial charge < -0.3 is 0 Å². The van der Waals surface area contributed by atoms with Crippen molar-refractivity contribution in [2.75, 3.05) is 0 Å². The summed E-state index contributed by atoms with van der Waals surface area (Å²) in [4.78, 5) is 3.88. The first kappa shape index (κ1) is 9.46. The molecule has 0 atom stereocenters. The van der Waals surface area contributed by atoms with E-state index in [1.54, 1.807) is 0 Å². The molecule has 64 valence electrons. The lowest BCUT2D eigenvalue weighted by molar-refractivity contribution is 1.05. The number of aliphatic imine (C=N–C) groups is 1. The average molecular weight is 226 g/mol. The molecule has 0 spiro atoms. The van der Waals surface area contributed by atoms with E-state index < -0.39 is 0 Å². The third-order valence-corrected chi connectivity index (χ3v) is 2.48. The SMILES string of the molecule is C=NCc1cc(Br)cc(C)c1C. The van der Waals surface area contributed by atoms with Gasteiger partial charge in [-0.3, -0.25) is 4.99 Å². The van der Waals surface area contributed by atoms with Crippen molar-refractivity contribution in [2.45, 2.75) is 20.4 Å². The zero-order valence-corrected chi connectivity index (χ0v) is 8.98. The van der Waals surface area contributed by atoms with E-state index in [0.29, 0.717) is 6.54 Å². The Labute approximate surface area is 81.7 Å². The molecule has 0 heterocycles. The molecule has 0 aromatic heterocycles. The Bertz CT molecular complexity index is 305. The maximum absolute atomic E-state index is 3.88. The van der Waals surface area contributed by atoms with Crippen LogP contribution in [-0.4, -0.2) is 6.72 Å². The summed E-state index contributed by atoms with van der Waals surface area (Å²) >= 11 is 3.46. The quantitative estimate of drug-likeness (QED) is 0.686. The second-order valence-corrected chi connectivity index (χ2v) is 3.80. The molecule has 0 bridgehead atoms. The van der Waals surface area contributed by atoms with E-state index in [2.05, 4.69) is 53.6 Å². The van der Waals surface area contributed by atoms with Crippen molar-refractivity contribution in [3.05, 3.63) is 33.3 Å². The second-order valence-electron chi connectivity index (χ2n) is 2.89. The lowest BCUT2D eigenvalue weighted by atomic mass is 10.0. The number of hydrogen-bond donors (Lipinski definition) is 0. The molecule has 2 heteroatoms. The second kappa shape index (κ2) is 3.85. The number of rotatable bonds is 2. The number of benzene rings is 1. The predicted octanol–water partition coefficient (Wildman–Crippen LogP) is 3.27. The molecule has 1 rings (SSSR count). The van der Waals surface area contributed by atoms with Crippen LogP contribution in [-0.2, 0) is 6.54 Å². The third-order valence-electron chi connectivity index (χ3n) is 2.02. The van der Waals surface area contributed by atoms with Crippen LogP contribution in [0.25, 0.3) is 0 Å². The zero-order chi connectivity index (χ0) is 9.14. The molecule has 0 radical (unpaired) electrons. The first-order valence-corrected chi connectivity index (χ1v) is 4.62. The summed E-state index contributed by atoms with van der Waals surface area (Å²) in [5.41, 5.74) is 3.85. The van der Waals surface area contributed by atoms with Gasteiger partial charge in [-0.25, -0.2) is 0 Å². The molecule has 0 aliphatic carbocycles. The minimum absolute atomic E-state index is 0.701. The highest BCUT2D eigenvalue weighted by molar-refractivity contribution is 9.10. The highest BCUT2D eigenvalue weighted by atomic mass is 79.9. The Balaban J connectivity index is 3.17. The van der Waals surface area contributed by atoms with Crippen molar-refractivity contribution in [3.63, 3.8) is 0 Å². The molecule has 0 unspecified atom stereocenters. The Morgan fingerprint density at radius 3 is 2.67 bits per heavy atom. The number of nitrogens with zero attached hydrogens (tertiary/aromatic N) is 1. The topological polar surface area (TPSA) is 12.4 Å². The molecule has 1 aromatic carbocycles. The Morgan fingerprint density at radius 2 is 2.08 bits per heavy atom. The van der Waals surface area contributed by atoms with E-state index in [1.165, 1.54) is 16.7 Å². The van der Waals surface area contributed by atoms with Crippen molar-refractivity contribution < 1.29 is 0 Å². The summed E-state index contributed by atoms with van der Waals surface area (Å²) in [6, 6.07) is 4.21. The monoisotopic (exact) mass is 225 g/mol. The van der Waals surface area contributed by atoms with Gasteiger partial charge in [0.2, 0.25) is 0 Å². The van der Waals surface area contributed by atoms with Gasteiger partial charge in [0, 0.05) is 4.47 Å². The van der Waals surface area contributed by atoms with Gasteiger partial charge in [-0.1, -0.05) is 15.9 Å². The summed E-state index contributed by atoms with van der Waals surface area (Å²) in [5, 5.41) is 0. The van der Waals surface area contributed by atoms with Gasteiger partial charge in [-0.05, 0) is 49.4 Å². The van der Waals surface area contributed by atoms with Gasteiger partial charge in [0.05, 0.1) is 6.54 Å². The van der Waals surface area contributed by atoms with Crippen LogP contribution in [0.1, 0.15) is 16.7 Å². The highest BCUT2D eigenvalue weighted by Gasteiger charge is 2.01. The summed E-state index contributed by atoms with van der Waals surface area (Å²) in [6.07, 6.45) is 0. The predicted molar refractivity (Wildman–Crippen MR) is 56.9 cm³/mol. The van der Waals surface area contributed by atoms with E-state index in [1.807, 2.05) is 0 Å². The van der Waals surface area contributed by atoms with Crippen LogP contribution in [0.2, 0.25) is 0 Å². The molecule has 0 saturated heterocycles. The van der Waals surface area contributed by atoms with Crippen LogP contribution in [0.4, 0.5) is 0 Å². The highest BCUT2D eigenvalue weighted by Crippen LogP contribution is 2.20. The molecule has 0 aliphatic heterocycles. The molecule has 0 saturated carbocycles. The van der Waals surface area contributed by atoms with Crippen LogP contribution < -0.4 is 0 Å². The summed E-state index contributed by atoms with van der Waals surface area (Å²) in [7, 11) is 0. The van der Waals surface area contributed by atoms with Crippen LogP contribution in [0.3, 0.4) is 0 Å². The van der Waals surface area contributed by atoms with Gasteiger partial charge in [-0.2, -0.15) is 0 Å². The molecule has 0 fully saturated rings. The zero-order valence-electron chi connectivity index (χ0n) is 7.39. The minimum atomic E-state index is 0.701. The smallest absolute Gasteiger partial charge is 0.0635 e. The average Bonchev–Trinajstić information content (AvgIpc) is 2.00. The molecule has 0 N–H and O–H groups in total. The maximum Gasteiger partial charge on any atom is 0.0635 e. The first-order valence-electron chi connectivity index (χ1n) is 3.83. The fourth-order valence-corrected chi connectivity index (χ4v) is 1.79. The van der Waals surface area contributed by atoms with E-state index in [0.717, 1.165) is 4.47 Å². The standard InChI is InChI=1S/C10H12BrN/c1-7-4-10(11)5-9(6-12-3)8(7)2/h4-5H,3,6H2,1-2H3. The number of halogens is 1. The largest absolute Gasteiger partial charge is 0.296 e. The van der Waals surface area contributed by atoms with Crippen molar-refractivity contribution in [3.8, 4) is 0 Å². The van der Waals surface area contributed by atoms with Gasteiger partial charge >= 0.3 is 0 Å². The third kappa shape index (κ3) is 1.95. The fraction of sp³-hybridized carbons (Fsp3) is 0.300. The van der Waals surface area contributed by atoms with Gasteiger partial charge in [0.25, 0.3) is 0 Å². The van der Waals surface area contributed by atoms with E-state index in [4.69, 9.17) is 0 Å². The molecular formula is C10H12BrN. The van der Waals surface area contributed by atoms with Crippen LogP contribution >= 0.6 is 15.9 Å². The Morgan fingerprint density at radius 1 is 1.42 bits per heavy atom. The van der Waals surface area contributed by atoms with Crippen molar-refractivity contribution in [1.29, 1.82) is 0 Å². The number of aryl methyl sites for hydroxylation is 1. The lowest BCUT2D eigenvalue weighted by Crippen LogP contribution is -1.90. The van der Waals surface area contributed by atoms with Crippen LogP contribution in [0, 0.1) is 13.8 Å². The van der Waals surface area contributed by atoms with Crippen molar-refractivity contribution in [1.82, 2.24) is 0 Å². The molecule has 1 nitrogen and oxygen atoms in total. The number of hydrogen-bond acceptors (Lipinski definition) is 1. The lowest BCUT2D eigenvalue weighted by Gasteiger charge is -2.06. The van der Waals surface area contributed by atoms with Gasteiger partial charge in [0.1, 0.15) is 0 Å². The molecule has 1 aromatic rings.